The molecule has 0 spiro atoms. The molecule has 0 saturated heterocycles. The average Bonchev–Trinajstić information content (AvgIpc) is 2.58. The van der Waals surface area contributed by atoms with Gasteiger partial charge >= 0.3 is 13.3 Å². The minimum atomic E-state index is -1.19. The summed E-state index contributed by atoms with van der Waals surface area (Å²) < 4.78 is 5.15. The Labute approximate surface area is 149 Å². The lowest BCUT2D eigenvalue weighted by Gasteiger charge is -2.19. The van der Waals surface area contributed by atoms with Crippen molar-refractivity contribution < 1.29 is 24.4 Å². The largest absolute Gasteiger partial charge is 0.497 e. The molecular weight excluding hydrogens is 323 g/mol. The van der Waals surface area contributed by atoms with E-state index in [2.05, 4.69) is 24.1 Å². The maximum Gasteiger partial charge on any atom is 0.451 e. The van der Waals surface area contributed by atoms with Gasteiger partial charge in [0.15, 0.2) is 0 Å². The number of carbonyl (C=O) groups excluding carboxylic acids is 2. The fourth-order valence-corrected chi connectivity index (χ4v) is 2.39. The van der Waals surface area contributed by atoms with Crippen LogP contribution in [0.5, 0.6) is 5.75 Å². The highest BCUT2D eigenvalue weighted by atomic mass is 16.5. The van der Waals surface area contributed by atoms with E-state index in [1.165, 1.54) is 5.56 Å². The van der Waals surface area contributed by atoms with Crippen LogP contribution < -0.4 is 10.5 Å². The molecule has 0 aromatic heterocycles. The third-order valence-electron chi connectivity index (χ3n) is 3.78. The van der Waals surface area contributed by atoms with E-state index in [1.54, 1.807) is 7.11 Å². The zero-order chi connectivity index (χ0) is 19.1. The first-order valence-corrected chi connectivity index (χ1v) is 8.35. The van der Waals surface area contributed by atoms with Crippen molar-refractivity contribution in [2.75, 3.05) is 20.7 Å². The molecule has 0 heterocycles. The number of unbranched alkanes of at least 4 members (excludes halogenated alkanes) is 1. The summed E-state index contributed by atoms with van der Waals surface area (Å²) in [6.07, 6.45) is 4.33. The van der Waals surface area contributed by atoms with Gasteiger partial charge in [-0.3, -0.25) is 0 Å². The van der Waals surface area contributed by atoms with Gasteiger partial charge in [-0.25, -0.2) is 0 Å². The van der Waals surface area contributed by atoms with Crippen molar-refractivity contribution in [1.82, 2.24) is 4.90 Å². The first-order valence-electron chi connectivity index (χ1n) is 8.35. The van der Waals surface area contributed by atoms with Crippen molar-refractivity contribution >= 4 is 13.3 Å². The number of nitrogens with two attached hydrogens (primary N) is 1. The molecule has 1 rings (SSSR count). The molecule has 25 heavy (non-hydrogen) atoms. The summed E-state index contributed by atoms with van der Waals surface area (Å²) >= 11 is 0. The van der Waals surface area contributed by atoms with E-state index < -0.39 is 7.12 Å². The lowest BCUT2D eigenvalue weighted by atomic mass is 9.83. The van der Waals surface area contributed by atoms with Crippen LogP contribution in [-0.2, 0) is 16.1 Å². The first-order chi connectivity index (χ1) is 11.9. The maximum atomic E-state index is 8.78. The number of rotatable bonds is 11. The highest BCUT2D eigenvalue weighted by molar-refractivity contribution is 6.40. The van der Waals surface area contributed by atoms with E-state index in [9.17, 15) is 0 Å². The highest BCUT2D eigenvalue weighted by Crippen LogP contribution is 2.13. The molecule has 0 bridgehead atoms. The summed E-state index contributed by atoms with van der Waals surface area (Å²) in [4.78, 5) is 18.5. The molecule has 1 aromatic carbocycles. The number of hydrogen-bond acceptors (Lipinski definition) is 7. The Balaban J connectivity index is 0.00000178. The van der Waals surface area contributed by atoms with Crippen molar-refractivity contribution in [3.63, 3.8) is 0 Å². The van der Waals surface area contributed by atoms with Crippen LogP contribution in [0.3, 0.4) is 0 Å². The summed E-state index contributed by atoms with van der Waals surface area (Å²) in [7, 11) is 2.58. The van der Waals surface area contributed by atoms with Crippen molar-refractivity contribution in [2.24, 2.45) is 5.73 Å². The molecule has 0 radical (unpaired) electrons. The van der Waals surface area contributed by atoms with E-state index >= 15 is 0 Å². The molecule has 0 saturated carbocycles. The van der Waals surface area contributed by atoms with Crippen LogP contribution in [0, 0.1) is 0 Å². The smallest absolute Gasteiger partial charge is 0.451 e. The van der Waals surface area contributed by atoms with Crippen molar-refractivity contribution in [3.05, 3.63) is 29.8 Å². The summed E-state index contributed by atoms with van der Waals surface area (Å²) in [6.45, 7) is 1.85. The van der Waals surface area contributed by atoms with Gasteiger partial charge in [-0.15, -0.1) is 0 Å². The lowest BCUT2D eigenvalue weighted by molar-refractivity contribution is -0.191. The monoisotopic (exact) mass is 352 g/mol. The minimum absolute atomic E-state index is 0.175. The minimum Gasteiger partial charge on any atom is -0.497 e. The number of nitrogens with zero attached hydrogens (tertiary/aromatic N) is 1. The molecule has 8 heteroatoms. The fraction of sp³-hybridized carbons (Fsp3) is 0.588. The van der Waals surface area contributed by atoms with Gasteiger partial charge in [-0.2, -0.15) is 9.59 Å². The van der Waals surface area contributed by atoms with Crippen LogP contribution in [0.1, 0.15) is 31.2 Å². The number of ether oxygens (including phenoxy) is 1. The Morgan fingerprint density at radius 1 is 1.20 bits per heavy atom. The first kappa shape index (κ1) is 23.3. The second-order valence-electron chi connectivity index (χ2n) is 5.98. The Morgan fingerprint density at radius 2 is 1.80 bits per heavy atom. The Morgan fingerprint density at radius 3 is 2.32 bits per heavy atom. The average molecular weight is 352 g/mol. The zero-order valence-electron chi connectivity index (χ0n) is 15.1. The van der Waals surface area contributed by atoms with Crippen molar-refractivity contribution in [3.8, 4) is 5.75 Å². The van der Waals surface area contributed by atoms with Gasteiger partial charge in [0.1, 0.15) is 5.75 Å². The van der Waals surface area contributed by atoms with Gasteiger partial charge < -0.3 is 25.4 Å². The van der Waals surface area contributed by atoms with Crippen LogP contribution in [0.4, 0.5) is 0 Å². The van der Waals surface area contributed by atoms with E-state index in [-0.39, 0.29) is 12.2 Å². The predicted molar refractivity (Wildman–Crippen MR) is 95.8 cm³/mol. The SMILES string of the molecule is COc1ccc(CN(C)CCC(N)CCCCB(O)O)cc1.O=C=O. The number of methoxy groups -OCH3 is 1. The summed E-state index contributed by atoms with van der Waals surface area (Å²) in [5.41, 5.74) is 7.36. The lowest BCUT2D eigenvalue weighted by Crippen LogP contribution is -2.28. The van der Waals surface area contributed by atoms with Gasteiger partial charge in [-0.05, 0) is 50.5 Å². The van der Waals surface area contributed by atoms with E-state index in [0.29, 0.717) is 6.32 Å². The molecule has 0 aliphatic rings. The Bertz CT molecular complexity index is 478. The molecule has 0 aliphatic heterocycles. The quantitative estimate of drug-likeness (QED) is 0.401. The van der Waals surface area contributed by atoms with Crippen LogP contribution >= 0.6 is 0 Å². The number of benzene rings is 1. The standard InChI is InChI=1S/C16H29BN2O3.CO2/c1-19(13-14-6-8-16(22-2)9-7-14)12-10-15(18)5-3-4-11-17(20)21;2-1-3/h6-9,15,20-21H,3-5,10-13,18H2,1-2H3;. The molecule has 0 amide bonds. The second-order valence-corrected chi connectivity index (χ2v) is 5.98. The van der Waals surface area contributed by atoms with Gasteiger partial charge in [0, 0.05) is 12.6 Å². The fourth-order valence-electron chi connectivity index (χ4n) is 2.39. The molecule has 4 N–H and O–H groups in total. The van der Waals surface area contributed by atoms with Crippen LogP contribution in [0.2, 0.25) is 6.32 Å². The molecule has 1 unspecified atom stereocenters. The van der Waals surface area contributed by atoms with Crippen molar-refractivity contribution in [1.29, 1.82) is 0 Å². The Hall–Kier alpha value is -1.70. The second kappa shape index (κ2) is 14.6. The van der Waals surface area contributed by atoms with Crippen LogP contribution in [-0.4, -0.2) is 55.0 Å². The normalized spacial score (nSPS) is 11.3. The highest BCUT2D eigenvalue weighted by Gasteiger charge is 2.08. The summed E-state index contributed by atoms with van der Waals surface area (Å²) in [5, 5.41) is 17.6. The van der Waals surface area contributed by atoms with Gasteiger partial charge in [0.25, 0.3) is 0 Å². The zero-order valence-corrected chi connectivity index (χ0v) is 15.1. The number of hydrogen-bond donors (Lipinski definition) is 3. The van der Waals surface area contributed by atoms with Crippen LogP contribution in [0.25, 0.3) is 0 Å². The molecule has 140 valence electrons. The van der Waals surface area contributed by atoms with Gasteiger partial charge in [0.2, 0.25) is 0 Å². The van der Waals surface area contributed by atoms with Gasteiger partial charge in [0.05, 0.1) is 7.11 Å². The Kier molecular flexibility index (Phi) is 13.6. The van der Waals surface area contributed by atoms with Crippen LogP contribution in [0.15, 0.2) is 24.3 Å². The molecule has 7 nitrogen and oxygen atoms in total. The predicted octanol–water partition coefficient (Wildman–Crippen LogP) is 0.904. The maximum absolute atomic E-state index is 8.78. The topological polar surface area (TPSA) is 113 Å². The van der Waals surface area contributed by atoms with E-state index in [4.69, 9.17) is 30.1 Å². The van der Waals surface area contributed by atoms with Crippen molar-refractivity contribution in [2.45, 2.75) is 44.6 Å². The third kappa shape index (κ3) is 13.3. The summed E-state index contributed by atoms with van der Waals surface area (Å²) in [6, 6.07) is 8.29. The van der Waals surface area contributed by atoms with E-state index in [1.807, 2.05) is 12.1 Å². The molecule has 1 aromatic rings. The molecular formula is C17H29BN2O5. The van der Waals surface area contributed by atoms with Gasteiger partial charge in [-0.1, -0.05) is 25.0 Å². The molecule has 0 aliphatic carbocycles. The molecule has 0 fully saturated rings. The van der Waals surface area contributed by atoms with E-state index in [0.717, 1.165) is 44.5 Å². The summed E-state index contributed by atoms with van der Waals surface area (Å²) in [5.74, 6) is 0.876. The molecule has 1 atom stereocenters. The third-order valence-corrected chi connectivity index (χ3v) is 3.78.